The smallest absolute Gasteiger partial charge is 0.133 e. The Morgan fingerprint density at radius 3 is 2.62 bits per heavy atom. The fourth-order valence-electron chi connectivity index (χ4n) is 7.00. The molecular formula is C19H30O2. The summed E-state index contributed by atoms with van der Waals surface area (Å²) in [6.07, 6.45) is 10.9. The highest BCUT2D eigenvalue weighted by atomic mass is 16.3. The summed E-state index contributed by atoms with van der Waals surface area (Å²) in [4.78, 5) is 11.9. The number of carbonyl (C=O) groups excluding carboxylic acids is 1. The summed E-state index contributed by atoms with van der Waals surface area (Å²) in [6.45, 7) is 4.79. The SMILES string of the molecule is C[C@]12CCC(=O)C[C@@H]1CC[C@@H]1[C@H]2CC[C@@]2(C)CCC[C@@]12O. The van der Waals surface area contributed by atoms with Crippen LogP contribution in [0, 0.1) is 28.6 Å². The summed E-state index contributed by atoms with van der Waals surface area (Å²) in [5, 5.41) is 11.6. The molecule has 0 aromatic rings. The Bertz CT molecular complexity index is 472. The zero-order chi connectivity index (χ0) is 14.9. The molecule has 0 aliphatic heterocycles. The van der Waals surface area contributed by atoms with Crippen LogP contribution in [0.4, 0.5) is 0 Å². The molecule has 0 spiro atoms. The fraction of sp³-hybridized carbons (Fsp3) is 0.947. The Labute approximate surface area is 128 Å². The molecule has 4 rings (SSSR count). The minimum absolute atomic E-state index is 0.169. The van der Waals surface area contributed by atoms with Crippen LogP contribution in [0.2, 0.25) is 0 Å². The number of fused-ring (bicyclic) bond motifs is 5. The van der Waals surface area contributed by atoms with E-state index in [1.54, 1.807) is 0 Å². The molecule has 1 N–H and O–H groups in total. The van der Waals surface area contributed by atoms with Gasteiger partial charge in [-0.2, -0.15) is 0 Å². The van der Waals surface area contributed by atoms with Crippen molar-refractivity contribution in [1.82, 2.24) is 0 Å². The molecular weight excluding hydrogens is 260 g/mol. The molecule has 4 saturated carbocycles. The van der Waals surface area contributed by atoms with Gasteiger partial charge < -0.3 is 5.11 Å². The number of ketones is 1. The highest BCUT2D eigenvalue weighted by Crippen LogP contribution is 2.67. The second-order valence-corrected chi connectivity index (χ2v) is 9.11. The van der Waals surface area contributed by atoms with Crippen molar-refractivity contribution in [3.63, 3.8) is 0 Å². The lowest BCUT2D eigenvalue weighted by molar-refractivity contribution is -0.197. The lowest BCUT2D eigenvalue weighted by Gasteiger charge is -2.62. The molecule has 21 heavy (non-hydrogen) atoms. The van der Waals surface area contributed by atoms with Gasteiger partial charge in [-0.3, -0.25) is 4.79 Å². The van der Waals surface area contributed by atoms with Crippen LogP contribution in [0.3, 0.4) is 0 Å². The van der Waals surface area contributed by atoms with Crippen LogP contribution in [0.15, 0.2) is 0 Å². The first-order valence-electron chi connectivity index (χ1n) is 9.13. The highest BCUT2D eigenvalue weighted by Gasteiger charge is 2.64. The van der Waals surface area contributed by atoms with Gasteiger partial charge in [0.15, 0.2) is 0 Å². The second kappa shape index (κ2) is 4.34. The van der Waals surface area contributed by atoms with Gasteiger partial charge in [0.05, 0.1) is 5.60 Å². The molecule has 2 heteroatoms. The third kappa shape index (κ3) is 1.72. The molecule has 4 fully saturated rings. The van der Waals surface area contributed by atoms with E-state index in [9.17, 15) is 9.90 Å². The Kier molecular flexibility index (Phi) is 2.94. The zero-order valence-corrected chi connectivity index (χ0v) is 13.7. The molecule has 6 atom stereocenters. The van der Waals surface area contributed by atoms with Gasteiger partial charge in [0.2, 0.25) is 0 Å². The first-order valence-corrected chi connectivity index (χ1v) is 9.13. The summed E-state index contributed by atoms with van der Waals surface area (Å²) in [7, 11) is 0. The Morgan fingerprint density at radius 2 is 1.81 bits per heavy atom. The van der Waals surface area contributed by atoms with E-state index >= 15 is 0 Å². The number of carbonyl (C=O) groups is 1. The maximum absolute atomic E-state index is 11.9. The van der Waals surface area contributed by atoms with Gasteiger partial charge in [-0.25, -0.2) is 0 Å². The fourth-order valence-corrected chi connectivity index (χ4v) is 7.00. The molecule has 0 aromatic carbocycles. The third-order valence-corrected chi connectivity index (χ3v) is 8.46. The van der Waals surface area contributed by atoms with Gasteiger partial charge in [-0.05, 0) is 80.0 Å². The van der Waals surface area contributed by atoms with Gasteiger partial charge in [0, 0.05) is 12.8 Å². The van der Waals surface area contributed by atoms with E-state index in [0.717, 1.165) is 32.1 Å². The summed E-state index contributed by atoms with van der Waals surface area (Å²) < 4.78 is 0. The third-order valence-electron chi connectivity index (χ3n) is 8.46. The van der Waals surface area contributed by atoms with Crippen LogP contribution < -0.4 is 0 Å². The number of hydrogen-bond acceptors (Lipinski definition) is 2. The van der Waals surface area contributed by atoms with Crippen molar-refractivity contribution in [2.45, 2.75) is 83.7 Å². The Hall–Kier alpha value is -0.370. The average Bonchev–Trinajstić information content (AvgIpc) is 2.75. The number of aliphatic hydroxyl groups is 1. The number of rotatable bonds is 0. The average molecular weight is 290 g/mol. The van der Waals surface area contributed by atoms with E-state index < -0.39 is 5.60 Å². The van der Waals surface area contributed by atoms with Crippen molar-refractivity contribution in [3.05, 3.63) is 0 Å². The van der Waals surface area contributed by atoms with Crippen LogP contribution in [0.5, 0.6) is 0 Å². The predicted molar refractivity (Wildman–Crippen MR) is 82.8 cm³/mol. The molecule has 0 amide bonds. The van der Waals surface area contributed by atoms with Crippen molar-refractivity contribution < 1.29 is 9.90 Å². The lowest BCUT2D eigenvalue weighted by Crippen LogP contribution is -2.61. The van der Waals surface area contributed by atoms with Crippen LogP contribution in [-0.4, -0.2) is 16.5 Å². The summed E-state index contributed by atoms with van der Waals surface area (Å²) >= 11 is 0. The van der Waals surface area contributed by atoms with Crippen LogP contribution >= 0.6 is 0 Å². The quantitative estimate of drug-likeness (QED) is 0.729. The van der Waals surface area contributed by atoms with Crippen molar-refractivity contribution >= 4 is 5.78 Å². The van der Waals surface area contributed by atoms with E-state index in [-0.39, 0.29) is 5.41 Å². The number of hydrogen-bond donors (Lipinski definition) is 1. The minimum atomic E-state index is -0.411. The first-order chi connectivity index (χ1) is 9.89. The maximum atomic E-state index is 11.9. The van der Waals surface area contributed by atoms with E-state index in [0.29, 0.717) is 29.0 Å². The standard InChI is InChI=1S/C19H30O2/c1-17-8-3-9-19(17,21)16-5-4-13-12-14(20)6-11-18(13,2)15(16)7-10-17/h13,15-16,21H,3-12H2,1-2H3/t13-,15+,16+,17+,18-,19+/m0/s1. The molecule has 0 heterocycles. The zero-order valence-electron chi connectivity index (χ0n) is 13.7. The maximum Gasteiger partial charge on any atom is 0.133 e. The number of Topliss-reactive ketones (excluding diaryl/α,β-unsaturated/α-hetero) is 1. The summed E-state index contributed by atoms with van der Waals surface area (Å²) in [5.74, 6) is 2.22. The second-order valence-electron chi connectivity index (χ2n) is 9.11. The topological polar surface area (TPSA) is 37.3 Å². The van der Waals surface area contributed by atoms with Crippen molar-refractivity contribution in [1.29, 1.82) is 0 Å². The van der Waals surface area contributed by atoms with Crippen molar-refractivity contribution in [2.24, 2.45) is 28.6 Å². The van der Waals surface area contributed by atoms with Gasteiger partial charge in [-0.1, -0.05) is 13.8 Å². The van der Waals surface area contributed by atoms with Crippen molar-refractivity contribution in [2.75, 3.05) is 0 Å². The molecule has 4 aliphatic rings. The monoisotopic (exact) mass is 290 g/mol. The van der Waals surface area contributed by atoms with E-state index in [1.165, 1.54) is 32.1 Å². The molecule has 0 bridgehead atoms. The Balaban J connectivity index is 1.69. The normalized spacial score (nSPS) is 56.5. The van der Waals surface area contributed by atoms with Gasteiger partial charge >= 0.3 is 0 Å². The van der Waals surface area contributed by atoms with E-state index in [2.05, 4.69) is 13.8 Å². The largest absolute Gasteiger partial charge is 0.389 e. The van der Waals surface area contributed by atoms with E-state index in [1.807, 2.05) is 0 Å². The lowest BCUT2D eigenvalue weighted by atomic mass is 9.44. The molecule has 0 unspecified atom stereocenters. The highest BCUT2D eigenvalue weighted by molar-refractivity contribution is 5.79. The molecule has 2 nitrogen and oxygen atoms in total. The van der Waals surface area contributed by atoms with Gasteiger partial charge in [0.25, 0.3) is 0 Å². The molecule has 118 valence electrons. The summed E-state index contributed by atoms with van der Waals surface area (Å²) in [6, 6.07) is 0. The molecule has 0 radical (unpaired) electrons. The predicted octanol–water partition coefficient (Wildman–Crippen LogP) is 4.10. The molecule has 0 aromatic heterocycles. The van der Waals surface area contributed by atoms with Crippen LogP contribution in [-0.2, 0) is 4.79 Å². The summed E-state index contributed by atoms with van der Waals surface area (Å²) in [5.41, 5.74) is 0.0731. The Morgan fingerprint density at radius 1 is 1.00 bits per heavy atom. The first kappa shape index (κ1) is 14.2. The van der Waals surface area contributed by atoms with E-state index in [4.69, 9.17) is 0 Å². The van der Waals surface area contributed by atoms with Gasteiger partial charge in [0.1, 0.15) is 5.78 Å². The molecule has 0 saturated heterocycles. The molecule has 4 aliphatic carbocycles. The van der Waals surface area contributed by atoms with Gasteiger partial charge in [-0.15, -0.1) is 0 Å². The van der Waals surface area contributed by atoms with Crippen LogP contribution in [0.1, 0.15) is 78.1 Å². The minimum Gasteiger partial charge on any atom is -0.389 e. The van der Waals surface area contributed by atoms with Crippen LogP contribution in [0.25, 0.3) is 0 Å². The van der Waals surface area contributed by atoms with Crippen molar-refractivity contribution in [3.8, 4) is 0 Å².